The molecule has 0 bridgehead atoms. The van der Waals surface area contributed by atoms with E-state index in [0.717, 1.165) is 0 Å². The van der Waals surface area contributed by atoms with Crippen molar-refractivity contribution in [1.29, 1.82) is 0 Å². The van der Waals surface area contributed by atoms with Gasteiger partial charge in [0, 0.05) is 13.1 Å². The lowest BCUT2D eigenvalue weighted by Gasteiger charge is -2.27. The van der Waals surface area contributed by atoms with Gasteiger partial charge in [-0.25, -0.2) is 4.39 Å². The number of para-hydroxylation sites is 1. The third-order valence-electron chi connectivity index (χ3n) is 4.04. The smallest absolute Gasteiger partial charge is 0.256 e. The molecule has 1 saturated heterocycles. The molecular formula is C19H19FN2O3. The molecule has 1 fully saturated rings. The first-order valence-electron chi connectivity index (χ1n) is 8.14. The zero-order valence-electron chi connectivity index (χ0n) is 13.7. The maximum atomic E-state index is 13.7. The van der Waals surface area contributed by atoms with Crippen molar-refractivity contribution in [3.63, 3.8) is 0 Å². The van der Waals surface area contributed by atoms with Gasteiger partial charge in [-0.15, -0.1) is 0 Å². The van der Waals surface area contributed by atoms with Gasteiger partial charge in [0.15, 0.2) is 0 Å². The molecule has 25 heavy (non-hydrogen) atoms. The summed E-state index contributed by atoms with van der Waals surface area (Å²) in [6, 6.07) is 13.0. The van der Waals surface area contributed by atoms with Gasteiger partial charge in [0.2, 0.25) is 5.91 Å². The maximum Gasteiger partial charge on any atom is 0.256 e. The predicted molar refractivity (Wildman–Crippen MR) is 91.9 cm³/mol. The highest BCUT2D eigenvalue weighted by molar-refractivity contribution is 6.04. The minimum Gasteiger partial charge on any atom is -0.378 e. The molecule has 1 heterocycles. The zero-order valence-corrected chi connectivity index (χ0v) is 13.7. The van der Waals surface area contributed by atoms with Gasteiger partial charge in [-0.3, -0.25) is 9.59 Å². The van der Waals surface area contributed by atoms with E-state index in [0.29, 0.717) is 43.1 Å². The van der Waals surface area contributed by atoms with Crippen LogP contribution in [0, 0.1) is 5.82 Å². The highest BCUT2D eigenvalue weighted by Gasteiger charge is 2.21. The number of morpholine rings is 1. The quantitative estimate of drug-likeness (QED) is 0.929. The molecule has 0 unspecified atom stereocenters. The molecule has 130 valence electrons. The molecule has 6 heteroatoms. The van der Waals surface area contributed by atoms with Crippen LogP contribution < -0.4 is 5.32 Å². The highest BCUT2D eigenvalue weighted by Crippen LogP contribution is 2.19. The van der Waals surface area contributed by atoms with Crippen LogP contribution in [0.1, 0.15) is 15.9 Å². The van der Waals surface area contributed by atoms with Gasteiger partial charge in [0.05, 0.1) is 30.9 Å². The van der Waals surface area contributed by atoms with Crippen molar-refractivity contribution in [2.24, 2.45) is 0 Å². The Balaban J connectivity index is 1.73. The molecule has 2 amide bonds. The fourth-order valence-electron chi connectivity index (χ4n) is 2.72. The fourth-order valence-corrected chi connectivity index (χ4v) is 2.72. The number of halogens is 1. The number of anilines is 1. The fraction of sp³-hybridized carbons (Fsp3) is 0.263. The Morgan fingerprint density at radius 1 is 1.04 bits per heavy atom. The van der Waals surface area contributed by atoms with Crippen LogP contribution in [0.2, 0.25) is 0 Å². The third kappa shape index (κ3) is 4.22. The molecular weight excluding hydrogens is 323 g/mol. The van der Waals surface area contributed by atoms with E-state index < -0.39 is 5.82 Å². The van der Waals surface area contributed by atoms with Gasteiger partial charge in [-0.1, -0.05) is 30.3 Å². The SMILES string of the molecule is O=C(Cc1ccccc1F)Nc1ccccc1C(=O)N1CCOCC1. The van der Waals surface area contributed by atoms with E-state index in [2.05, 4.69) is 5.32 Å². The van der Waals surface area contributed by atoms with E-state index in [1.165, 1.54) is 6.07 Å². The number of nitrogens with one attached hydrogen (secondary N) is 1. The highest BCUT2D eigenvalue weighted by atomic mass is 19.1. The summed E-state index contributed by atoms with van der Waals surface area (Å²) in [5.74, 6) is -0.937. The van der Waals surface area contributed by atoms with Crippen molar-refractivity contribution < 1.29 is 18.7 Å². The van der Waals surface area contributed by atoms with Crippen molar-refractivity contribution in [2.75, 3.05) is 31.6 Å². The standard InChI is InChI=1S/C19H19FN2O3/c20-16-7-3-1-5-14(16)13-18(23)21-17-8-4-2-6-15(17)19(24)22-9-11-25-12-10-22/h1-8H,9-13H2,(H,21,23). The van der Waals surface area contributed by atoms with Gasteiger partial charge < -0.3 is 15.0 Å². The molecule has 1 N–H and O–H groups in total. The normalized spacial score (nSPS) is 14.2. The summed E-state index contributed by atoms with van der Waals surface area (Å²) in [5.41, 5.74) is 1.17. The minimum absolute atomic E-state index is 0.0905. The molecule has 3 rings (SSSR count). The first-order valence-corrected chi connectivity index (χ1v) is 8.14. The van der Waals surface area contributed by atoms with Crippen LogP contribution in [-0.4, -0.2) is 43.0 Å². The number of carbonyl (C=O) groups is 2. The van der Waals surface area contributed by atoms with Crippen LogP contribution in [0.4, 0.5) is 10.1 Å². The number of amides is 2. The first-order chi connectivity index (χ1) is 12.1. The Bertz CT molecular complexity index is 773. The van der Waals surface area contributed by atoms with Gasteiger partial charge in [0.25, 0.3) is 5.91 Å². The molecule has 0 saturated carbocycles. The molecule has 0 atom stereocenters. The molecule has 2 aromatic carbocycles. The third-order valence-corrected chi connectivity index (χ3v) is 4.04. The Kier molecular flexibility index (Phi) is 5.40. The maximum absolute atomic E-state index is 13.7. The lowest BCUT2D eigenvalue weighted by atomic mass is 10.1. The Hall–Kier alpha value is -2.73. The summed E-state index contributed by atoms with van der Waals surface area (Å²) in [7, 11) is 0. The average molecular weight is 342 g/mol. The monoisotopic (exact) mass is 342 g/mol. The van der Waals surface area contributed by atoms with E-state index in [1.807, 2.05) is 0 Å². The molecule has 0 radical (unpaired) electrons. The van der Waals surface area contributed by atoms with Crippen LogP contribution >= 0.6 is 0 Å². The summed E-state index contributed by atoms with van der Waals surface area (Å²) in [5, 5.41) is 2.72. The predicted octanol–water partition coefficient (Wildman–Crippen LogP) is 2.48. The first kappa shape index (κ1) is 17.1. The Morgan fingerprint density at radius 3 is 2.48 bits per heavy atom. The van der Waals surface area contributed by atoms with Crippen LogP contribution in [-0.2, 0) is 16.0 Å². The molecule has 0 spiro atoms. The van der Waals surface area contributed by atoms with Crippen LogP contribution in [0.5, 0.6) is 0 Å². The molecule has 2 aromatic rings. The second-order valence-electron chi connectivity index (χ2n) is 5.77. The summed E-state index contributed by atoms with van der Waals surface area (Å²) >= 11 is 0. The topological polar surface area (TPSA) is 58.6 Å². The summed E-state index contributed by atoms with van der Waals surface area (Å²) in [6.45, 7) is 2.06. The Morgan fingerprint density at radius 2 is 1.72 bits per heavy atom. The molecule has 1 aliphatic heterocycles. The van der Waals surface area contributed by atoms with Gasteiger partial charge >= 0.3 is 0 Å². The van der Waals surface area contributed by atoms with Crippen molar-refractivity contribution >= 4 is 17.5 Å². The number of ether oxygens (including phenoxy) is 1. The Labute approximate surface area is 145 Å². The second-order valence-corrected chi connectivity index (χ2v) is 5.77. The number of hydrogen-bond acceptors (Lipinski definition) is 3. The number of hydrogen-bond donors (Lipinski definition) is 1. The van der Waals surface area contributed by atoms with E-state index in [4.69, 9.17) is 4.74 Å². The van der Waals surface area contributed by atoms with E-state index in [9.17, 15) is 14.0 Å². The zero-order chi connectivity index (χ0) is 17.6. The van der Waals surface area contributed by atoms with Crippen LogP contribution in [0.25, 0.3) is 0 Å². The lowest BCUT2D eigenvalue weighted by Crippen LogP contribution is -2.41. The molecule has 0 aliphatic carbocycles. The number of nitrogens with zero attached hydrogens (tertiary/aromatic N) is 1. The second kappa shape index (κ2) is 7.90. The summed E-state index contributed by atoms with van der Waals surface area (Å²) < 4.78 is 18.9. The van der Waals surface area contributed by atoms with Gasteiger partial charge in [-0.2, -0.15) is 0 Å². The number of rotatable bonds is 4. The van der Waals surface area contributed by atoms with E-state index in [1.54, 1.807) is 47.4 Å². The number of carbonyl (C=O) groups excluding carboxylic acids is 2. The molecule has 5 nitrogen and oxygen atoms in total. The van der Waals surface area contributed by atoms with Crippen molar-refractivity contribution in [3.8, 4) is 0 Å². The van der Waals surface area contributed by atoms with Crippen LogP contribution in [0.3, 0.4) is 0 Å². The lowest BCUT2D eigenvalue weighted by molar-refractivity contribution is -0.115. The van der Waals surface area contributed by atoms with Crippen molar-refractivity contribution in [3.05, 3.63) is 65.5 Å². The molecule has 1 aliphatic rings. The largest absolute Gasteiger partial charge is 0.378 e. The van der Waals surface area contributed by atoms with E-state index in [-0.39, 0.29) is 18.2 Å². The van der Waals surface area contributed by atoms with Crippen molar-refractivity contribution in [2.45, 2.75) is 6.42 Å². The summed E-state index contributed by atoms with van der Waals surface area (Å²) in [4.78, 5) is 26.6. The van der Waals surface area contributed by atoms with Gasteiger partial charge in [-0.05, 0) is 23.8 Å². The van der Waals surface area contributed by atoms with Crippen LogP contribution in [0.15, 0.2) is 48.5 Å². The number of benzene rings is 2. The van der Waals surface area contributed by atoms with Crippen molar-refractivity contribution in [1.82, 2.24) is 4.90 Å². The van der Waals surface area contributed by atoms with Gasteiger partial charge in [0.1, 0.15) is 5.82 Å². The average Bonchev–Trinajstić information content (AvgIpc) is 2.64. The minimum atomic E-state index is -0.421. The van der Waals surface area contributed by atoms with E-state index >= 15 is 0 Å². The summed E-state index contributed by atoms with van der Waals surface area (Å²) in [6.07, 6.45) is -0.0905. The molecule has 0 aromatic heterocycles.